The molecule has 5 heterocycles. The monoisotopic (exact) mass is 484 g/mol. The zero-order chi connectivity index (χ0) is 25.7. The number of aryl methyl sites for hydroxylation is 4. The Kier molecular flexibility index (Phi) is 7.74. The molecule has 3 aromatic rings. The Bertz CT molecular complexity index is 1610. The Labute approximate surface area is 232 Å². The molecule has 2 aliphatic rings. The van der Waals surface area contributed by atoms with Crippen LogP contribution in [0.4, 0.5) is 0 Å². The number of rotatable bonds is 4. The average Bonchev–Trinajstić information content (AvgIpc) is 3.51. The van der Waals surface area contributed by atoms with E-state index in [1.807, 2.05) is 0 Å². The Balaban J connectivity index is 0.00000320. The van der Waals surface area contributed by atoms with Crippen molar-refractivity contribution in [1.29, 1.82) is 0 Å². The summed E-state index contributed by atoms with van der Waals surface area (Å²) >= 11 is 0. The molecular formula is C32H37LiN4. The largest absolute Gasteiger partial charge is 1.00 e. The van der Waals surface area contributed by atoms with Crippen LogP contribution in [0, 0.1) is 13.8 Å². The molecule has 186 valence electrons. The minimum atomic E-state index is 0. The predicted octanol–water partition coefficient (Wildman–Crippen LogP) is 5.37. The van der Waals surface area contributed by atoms with Crippen molar-refractivity contribution in [2.75, 3.05) is 0 Å². The van der Waals surface area contributed by atoms with Gasteiger partial charge < -0.3 is 9.97 Å². The SMILES string of the molecule is CCC1=C(C)c2cc3[n-]c(cc4[nH]c(cc5nc(cc1n2)C(C)=C5CC)c(C)c4CC)c(C)c3CC.[Li+]. The number of nitrogens with one attached hydrogen (secondary N) is 1. The maximum Gasteiger partial charge on any atom is 1.00 e. The second-order valence-electron chi connectivity index (χ2n) is 10.0. The Morgan fingerprint density at radius 3 is 1.73 bits per heavy atom. The molecule has 5 heteroatoms. The standard InChI is InChI=1S/C32H37N4.Li/c1-9-21-17(5)25-14-30-23(11-3)19(7)27(35-30)16-32-24(12-4)20(8)28(36-32)15-31-22(10-2)18(6)26(34-31)13-29(21)33-25;/h13-16,33H,9-12H2,1-8H3;/q-1;+1. The number of hydrogen-bond donors (Lipinski definition) is 1. The molecule has 0 aliphatic carbocycles. The van der Waals surface area contributed by atoms with Crippen molar-refractivity contribution in [2.24, 2.45) is 0 Å². The normalized spacial score (nSPS) is 13.4. The molecular weight excluding hydrogens is 447 g/mol. The van der Waals surface area contributed by atoms with Gasteiger partial charge in [-0.3, -0.25) is 0 Å². The van der Waals surface area contributed by atoms with Crippen LogP contribution in [0.1, 0.15) is 99.4 Å². The van der Waals surface area contributed by atoms with E-state index < -0.39 is 0 Å². The number of fused-ring (bicyclic) bond motifs is 8. The van der Waals surface area contributed by atoms with Gasteiger partial charge in [-0.25, -0.2) is 9.97 Å². The Hall–Kier alpha value is -2.80. The summed E-state index contributed by atoms with van der Waals surface area (Å²) in [6.45, 7) is 17.7. The maximum atomic E-state index is 5.13. The first-order valence-corrected chi connectivity index (χ1v) is 13.4. The van der Waals surface area contributed by atoms with Gasteiger partial charge >= 0.3 is 18.9 Å². The van der Waals surface area contributed by atoms with E-state index in [9.17, 15) is 0 Å². The van der Waals surface area contributed by atoms with Gasteiger partial charge in [-0.1, -0.05) is 51.0 Å². The van der Waals surface area contributed by atoms with E-state index in [4.69, 9.17) is 15.0 Å². The third-order valence-corrected chi connectivity index (χ3v) is 8.14. The van der Waals surface area contributed by atoms with Crippen LogP contribution in [-0.2, 0) is 12.8 Å². The smallest absolute Gasteiger partial charge is 0.657 e. The van der Waals surface area contributed by atoms with Gasteiger partial charge in [0.25, 0.3) is 0 Å². The molecule has 37 heavy (non-hydrogen) atoms. The summed E-state index contributed by atoms with van der Waals surface area (Å²) in [4.78, 5) is 19.1. The van der Waals surface area contributed by atoms with Crippen LogP contribution in [0.25, 0.3) is 44.4 Å². The maximum absolute atomic E-state index is 5.13. The number of allylic oxidation sites excluding steroid dienone is 4. The fourth-order valence-electron chi connectivity index (χ4n) is 5.94. The van der Waals surface area contributed by atoms with E-state index >= 15 is 0 Å². The van der Waals surface area contributed by atoms with Crippen LogP contribution >= 0.6 is 0 Å². The summed E-state index contributed by atoms with van der Waals surface area (Å²) in [6.07, 6.45) is 3.80. The van der Waals surface area contributed by atoms with Gasteiger partial charge in [0, 0.05) is 11.0 Å². The number of aromatic nitrogens is 4. The zero-order valence-corrected chi connectivity index (χ0v) is 24.0. The van der Waals surface area contributed by atoms with Crippen LogP contribution < -0.4 is 23.8 Å². The van der Waals surface area contributed by atoms with Crippen molar-refractivity contribution in [3.63, 3.8) is 0 Å². The first kappa shape index (κ1) is 27.2. The molecule has 0 spiro atoms. The van der Waals surface area contributed by atoms with Gasteiger partial charge in [-0.15, -0.1) is 11.0 Å². The molecule has 0 fully saturated rings. The Morgan fingerprint density at radius 1 is 0.595 bits per heavy atom. The third kappa shape index (κ3) is 4.45. The molecule has 2 aliphatic heterocycles. The molecule has 0 radical (unpaired) electrons. The van der Waals surface area contributed by atoms with E-state index in [0.717, 1.165) is 70.5 Å². The van der Waals surface area contributed by atoms with Crippen LogP contribution in [0.2, 0.25) is 0 Å². The first-order chi connectivity index (χ1) is 17.3. The van der Waals surface area contributed by atoms with Gasteiger partial charge in [-0.2, -0.15) is 0 Å². The van der Waals surface area contributed by atoms with Gasteiger partial charge in [0.1, 0.15) is 0 Å². The topological polar surface area (TPSA) is 55.7 Å². The number of hydrogen-bond acceptors (Lipinski definition) is 2. The van der Waals surface area contributed by atoms with Gasteiger partial charge in [-0.05, 0) is 98.9 Å². The second kappa shape index (κ2) is 10.5. The molecule has 3 aromatic heterocycles. The second-order valence-corrected chi connectivity index (χ2v) is 10.0. The van der Waals surface area contributed by atoms with Crippen molar-refractivity contribution in [1.82, 2.24) is 19.9 Å². The summed E-state index contributed by atoms with van der Waals surface area (Å²) in [5, 5.41) is 0. The van der Waals surface area contributed by atoms with E-state index in [1.165, 1.54) is 44.5 Å². The molecule has 0 atom stereocenters. The van der Waals surface area contributed by atoms with Crippen LogP contribution in [0.15, 0.2) is 24.3 Å². The van der Waals surface area contributed by atoms with Crippen molar-refractivity contribution < 1.29 is 18.9 Å². The van der Waals surface area contributed by atoms with Crippen LogP contribution in [-0.4, -0.2) is 15.0 Å². The fourth-order valence-corrected chi connectivity index (χ4v) is 5.94. The summed E-state index contributed by atoms with van der Waals surface area (Å²) in [6, 6.07) is 8.85. The van der Waals surface area contributed by atoms with E-state index in [-0.39, 0.29) is 18.9 Å². The molecule has 0 saturated carbocycles. The van der Waals surface area contributed by atoms with Gasteiger partial charge in [0.05, 0.1) is 22.8 Å². The summed E-state index contributed by atoms with van der Waals surface area (Å²) in [5.41, 5.74) is 18.8. The summed E-state index contributed by atoms with van der Waals surface area (Å²) in [7, 11) is 0. The average molecular weight is 485 g/mol. The molecule has 1 N–H and O–H groups in total. The molecule has 5 rings (SSSR count). The van der Waals surface area contributed by atoms with Crippen LogP contribution in [0.5, 0.6) is 0 Å². The number of nitrogens with zero attached hydrogens (tertiary/aromatic N) is 3. The van der Waals surface area contributed by atoms with Crippen molar-refractivity contribution in [3.05, 3.63) is 69.3 Å². The molecule has 0 amide bonds. The predicted molar refractivity (Wildman–Crippen MR) is 154 cm³/mol. The van der Waals surface area contributed by atoms with Crippen molar-refractivity contribution in [2.45, 2.75) is 81.1 Å². The van der Waals surface area contributed by atoms with Crippen molar-refractivity contribution >= 4 is 44.4 Å². The van der Waals surface area contributed by atoms with Crippen molar-refractivity contribution in [3.8, 4) is 0 Å². The van der Waals surface area contributed by atoms with E-state index in [2.05, 4.69) is 84.6 Å². The molecule has 0 aromatic carbocycles. The van der Waals surface area contributed by atoms with E-state index in [1.54, 1.807) is 0 Å². The minimum Gasteiger partial charge on any atom is -0.657 e. The molecule has 8 bridgehead atoms. The molecule has 4 nitrogen and oxygen atoms in total. The van der Waals surface area contributed by atoms with Gasteiger partial charge in [0.15, 0.2) is 0 Å². The summed E-state index contributed by atoms with van der Waals surface area (Å²) < 4.78 is 0. The Morgan fingerprint density at radius 2 is 1.16 bits per heavy atom. The molecule has 0 saturated heterocycles. The minimum absolute atomic E-state index is 0. The quantitative estimate of drug-likeness (QED) is 0.507. The fraction of sp³-hybridized carbons (Fsp3) is 0.375. The molecule has 0 unspecified atom stereocenters. The number of H-pyrrole nitrogens is 1. The van der Waals surface area contributed by atoms with E-state index in [0.29, 0.717) is 0 Å². The zero-order valence-electron chi connectivity index (χ0n) is 24.0. The van der Waals surface area contributed by atoms with Crippen LogP contribution in [0.3, 0.4) is 0 Å². The number of aromatic amines is 1. The first-order valence-electron chi connectivity index (χ1n) is 13.4. The summed E-state index contributed by atoms with van der Waals surface area (Å²) in [5.74, 6) is 0. The third-order valence-electron chi connectivity index (χ3n) is 8.14. The van der Waals surface area contributed by atoms with Gasteiger partial charge in [0.2, 0.25) is 0 Å².